The molecule has 0 saturated heterocycles. The van der Waals surface area contributed by atoms with Crippen molar-refractivity contribution in [2.24, 2.45) is 0 Å². The molecule has 0 saturated carbocycles. The smallest absolute Gasteiger partial charge is 0.147 e. The van der Waals surface area contributed by atoms with Crippen LogP contribution in [0.3, 0.4) is 0 Å². The minimum Gasteiger partial charge on any atom is -0.368 e. The zero-order chi connectivity index (χ0) is 21.5. The molecule has 0 amide bonds. The van der Waals surface area contributed by atoms with E-state index >= 15 is 0 Å². The first-order valence-corrected chi connectivity index (χ1v) is 11.5. The summed E-state index contributed by atoms with van der Waals surface area (Å²) in [4.78, 5) is 13.7. The number of thiophene rings is 2. The molecule has 0 radical (unpaired) electrons. The van der Waals surface area contributed by atoms with Gasteiger partial charge in [0, 0.05) is 28.1 Å². The first-order chi connectivity index (χ1) is 15.1. The van der Waals surface area contributed by atoms with E-state index in [2.05, 4.69) is 26.3 Å². The molecule has 0 aliphatic carbocycles. The van der Waals surface area contributed by atoms with Gasteiger partial charge >= 0.3 is 0 Å². The van der Waals surface area contributed by atoms with Gasteiger partial charge in [-0.15, -0.1) is 22.7 Å². The summed E-state index contributed by atoms with van der Waals surface area (Å²) in [5.41, 5.74) is 5.53. The minimum atomic E-state index is -0.225. The lowest BCUT2D eigenvalue weighted by atomic mass is 10.0. The van der Waals surface area contributed by atoms with Gasteiger partial charge in [-0.2, -0.15) is 5.26 Å². The summed E-state index contributed by atoms with van der Waals surface area (Å²) in [6.07, 6.45) is 2.29. The number of nitrogens with one attached hydrogen (secondary N) is 2. The third kappa shape index (κ3) is 3.36. The summed E-state index contributed by atoms with van der Waals surface area (Å²) in [5, 5.41) is 15.7. The van der Waals surface area contributed by atoms with Crippen molar-refractivity contribution in [2.75, 3.05) is 11.9 Å². The molecule has 1 aromatic carbocycles. The monoisotopic (exact) mass is 447 g/mol. The van der Waals surface area contributed by atoms with Gasteiger partial charge in [-0.1, -0.05) is 6.07 Å². The van der Waals surface area contributed by atoms with Crippen LogP contribution in [0.1, 0.15) is 21.7 Å². The molecule has 0 bridgehead atoms. The number of H-pyrrole nitrogens is 1. The maximum atomic E-state index is 14.2. The second-order valence-corrected chi connectivity index (χ2v) is 9.31. The molecule has 0 unspecified atom stereocenters. The number of nitriles is 1. The molecule has 5 rings (SSSR count). The summed E-state index contributed by atoms with van der Waals surface area (Å²) in [6.45, 7) is 4.65. The second kappa shape index (κ2) is 7.76. The van der Waals surface area contributed by atoms with E-state index in [9.17, 15) is 9.65 Å². The minimum absolute atomic E-state index is 0.225. The number of nitrogens with zero attached hydrogens (tertiary/aromatic N) is 3. The number of aryl methyl sites for hydroxylation is 2. The van der Waals surface area contributed by atoms with Crippen LogP contribution in [0.5, 0.6) is 0 Å². The molecule has 5 aromatic rings. The molecule has 4 heterocycles. The van der Waals surface area contributed by atoms with E-state index in [-0.39, 0.29) is 5.82 Å². The average molecular weight is 448 g/mol. The van der Waals surface area contributed by atoms with Gasteiger partial charge in [0.2, 0.25) is 0 Å². The van der Waals surface area contributed by atoms with Crippen molar-refractivity contribution in [1.82, 2.24) is 15.0 Å². The SMILES string of the molecule is Cc1[nH]c2c(F)ccc(C)c2c1CCNc1ncnc2cc(-c3ccsc3C#N)sc12. The van der Waals surface area contributed by atoms with Crippen LogP contribution in [-0.2, 0) is 6.42 Å². The van der Waals surface area contributed by atoms with Crippen molar-refractivity contribution in [1.29, 1.82) is 5.26 Å². The number of anilines is 1. The Morgan fingerprint density at radius 2 is 2.10 bits per heavy atom. The van der Waals surface area contributed by atoms with Crippen LogP contribution in [0.15, 0.2) is 36.0 Å². The molecule has 0 aliphatic heterocycles. The summed E-state index contributed by atoms with van der Waals surface area (Å²) in [5.74, 6) is 0.548. The number of benzene rings is 1. The van der Waals surface area contributed by atoms with E-state index in [1.54, 1.807) is 17.7 Å². The molecule has 31 heavy (non-hydrogen) atoms. The molecular weight excluding hydrogens is 429 g/mol. The highest BCUT2D eigenvalue weighted by Gasteiger charge is 2.16. The van der Waals surface area contributed by atoms with Crippen LogP contribution < -0.4 is 5.32 Å². The fourth-order valence-corrected chi connectivity index (χ4v) is 5.84. The zero-order valence-electron chi connectivity index (χ0n) is 16.9. The van der Waals surface area contributed by atoms with Crippen molar-refractivity contribution in [3.05, 3.63) is 63.5 Å². The van der Waals surface area contributed by atoms with Crippen molar-refractivity contribution in [3.63, 3.8) is 0 Å². The number of aromatic nitrogens is 3. The van der Waals surface area contributed by atoms with Crippen molar-refractivity contribution >= 4 is 49.6 Å². The van der Waals surface area contributed by atoms with Gasteiger partial charge in [-0.3, -0.25) is 0 Å². The summed E-state index contributed by atoms with van der Waals surface area (Å²) >= 11 is 3.02. The topological polar surface area (TPSA) is 77.4 Å². The van der Waals surface area contributed by atoms with Gasteiger partial charge in [0.25, 0.3) is 0 Å². The van der Waals surface area contributed by atoms with E-state index in [1.165, 1.54) is 17.4 Å². The highest BCUT2D eigenvalue weighted by atomic mass is 32.1. The first-order valence-electron chi connectivity index (χ1n) is 9.79. The highest BCUT2D eigenvalue weighted by Crippen LogP contribution is 2.38. The van der Waals surface area contributed by atoms with E-state index in [0.717, 1.165) is 55.1 Å². The van der Waals surface area contributed by atoms with Crippen molar-refractivity contribution in [2.45, 2.75) is 20.3 Å². The third-order valence-corrected chi connectivity index (χ3v) is 7.42. The molecule has 0 spiro atoms. The maximum absolute atomic E-state index is 14.2. The lowest BCUT2D eigenvalue weighted by Crippen LogP contribution is -2.07. The van der Waals surface area contributed by atoms with Gasteiger partial charge in [0.15, 0.2) is 0 Å². The Morgan fingerprint density at radius 3 is 2.94 bits per heavy atom. The number of rotatable bonds is 5. The molecule has 0 atom stereocenters. The van der Waals surface area contributed by atoms with E-state index in [0.29, 0.717) is 16.9 Å². The number of aromatic amines is 1. The van der Waals surface area contributed by atoms with Gasteiger partial charge in [0.1, 0.15) is 28.9 Å². The Labute approximate surface area is 186 Å². The van der Waals surface area contributed by atoms with Crippen LogP contribution in [0, 0.1) is 31.0 Å². The Hall–Kier alpha value is -3.28. The van der Waals surface area contributed by atoms with Crippen molar-refractivity contribution < 1.29 is 4.39 Å². The first kappa shape index (κ1) is 19.7. The predicted molar refractivity (Wildman–Crippen MR) is 125 cm³/mol. The molecule has 154 valence electrons. The fourth-order valence-electron chi connectivity index (χ4n) is 3.96. The molecule has 0 aliphatic rings. The molecule has 5 nitrogen and oxygen atoms in total. The van der Waals surface area contributed by atoms with Crippen molar-refractivity contribution in [3.8, 4) is 16.5 Å². The lowest BCUT2D eigenvalue weighted by molar-refractivity contribution is 0.637. The number of halogens is 1. The Morgan fingerprint density at radius 1 is 1.23 bits per heavy atom. The molecule has 8 heteroatoms. The second-order valence-electron chi connectivity index (χ2n) is 7.34. The number of fused-ring (bicyclic) bond motifs is 2. The average Bonchev–Trinajstić information content (AvgIpc) is 3.48. The van der Waals surface area contributed by atoms with Gasteiger partial charge in [0.05, 0.1) is 15.7 Å². The third-order valence-electron chi connectivity index (χ3n) is 5.44. The lowest BCUT2D eigenvalue weighted by Gasteiger charge is -2.07. The maximum Gasteiger partial charge on any atom is 0.147 e. The molecule has 2 N–H and O–H groups in total. The zero-order valence-corrected chi connectivity index (χ0v) is 18.5. The van der Waals surface area contributed by atoms with Crippen LogP contribution in [0.2, 0.25) is 0 Å². The van der Waals surface area contributed by atoms with Crippen LogP contribution in [0.4, 0.5) is 10.2 Å². The Bertz CT molecular complexity index is 1470. The van der Waals surface area contributed by atoms with Crippen LogP contribution in [-0.4, -0.2) is 21.5 Å². The normalized spacial score (nSPS) is 11.3. The van der Waals surface area contributed by atoms with Crippen LogP contribution >= 0.6 is 22.7 Å². The number of hydrogen-bond donors (Lipinski definition) is 2. The summed E-state index contributed by atoms with van der Waals surface area (Å²) in [7, 11) is 0. The standard InChI is InChI=1S/C23H18FN5S2/c1-12-3-4-16(24)21-20(12)14(13(2)29-21)5-7-26-23-22-17(27-11-28-23)9-18(31-22)15-6-8-30-19(15)10-25/h3-4,6,8-9,11,29H,5,7H2,1-2H3,(H,26,27,28). The quantitative estimate of drug-likeness (QED) is 0.337. The van der Waals surface area contributed by atoms with Crippen LogP contribution in [0.25, 0.3) is 31.6 Å². The predicted octanol–water partition coefficient (Wildman–Crippen LogP) is 6.18. The summed E-state index contributed by atoms with van der Waals surface area (Å²) < 4.78 is 15.2. The molecular formula is C23H18FN5S2. The van der Waals surface area contributed by atoms with E-state index in [1.807, 2.05) is 37.4 Å². The molecule has 0 fully saturated rings. The molecule has 4 aromatic heterocycles. The Kier molecular flexibility index (Phi) is 4.93. The van der Waals surface area contributed by atoms with Gasteiger partial charge in [-0.25, -0.2) is 14.4 Å². The Balaban J connectivity index is 1.42. The van der Waals surface area contributed by atoms with E-state index in [4.69, 9.17) is 0 Å². The highest BCUT2D eigenvalue weighted by molar-refractivity contribution is 7.23. The van der Waals surface area contributed by atoms with Gasteiger partial charge in [-0.05, 0) is 55.0 Å². The number of hydrogen-bond acceptors (Lipinski definition) is 6. The fraction of sp³-hybridized carbons (Fsp3) is 0.174. The largest absolute Gasteiger partial charge is 0.368 e. The van der Waals surface area contributed by atoms with E-state index < -0.39 is 0 Å². The van der Waals surface area contributed by atoms with Gasteiger partial charge < -0.3 is 10.3 Å². The summed E-state index contributed by atoms with van der Waals surface area (Å²) in [6, 6.07) is 9.56.